The number of halogens is 1. The molecule has 1 unspecified atom stereocenters. The summed E-state index contributed by atoms with van der Waals surface area (Å²) in [5.74, 6) is 0.130. The van der Waals surface area contributed by atoms with Gasteiger partial charge in [0.25, 0.3) is 5.91 Å². The summed E-state index contributed by atoms with van der Waals surface area (Å²) in [5, 5.41) is 3.53. The smallest absolute Gasteiger partial charge is 0.270 e. The van der Waals surface area contributed by atoms with E-state index in [1.165, 1.54) is 12.8 Å². The summed E-state index contributed by atoms with van der Waals surface area (Å²) >= 11 is 3.47. The Morgan fingerprint density at radius 2 is 2.29 bits per heavy atom. The van der Waals surface area contributed by atoms with Crippen LogP contribution in [-0.2, 0) is 6.54 Å². The molecule has 1 aliphatic rings. The summed E-state index contributed by atoms with van der Waals surface area (Å²) in [5.41, 5.74) is 0.772. The SMILES string of the molecule is CCn1cc(Br)cc1C(=O)N(CC1CCCCN1)C(C)C. The van der Waals surface area contributed by atoms with E-state index in [9.17, 15) is 4.79 Å². The van der Waals surface area contributed by atoms with Gasteiger partial charge in [-0.1, -0.05) is 6.42 Å². The molecular weight excluding hydrogens is 330 g/mol. The van der Waals surface area contributed by atoms with Gasteiger partial charge >= 0.3 is 0 Å². The fourth-order valence-electron chi connectivity index (χ4n) is 2.91. The van der Waals surface area contributed by atoms with Gasteiger partial charge in [0.2, 0.25) is 0 Å². The molecule has 1 atom stereocenters. The van der Waals surface area contributed by atoms with E-state index in [1.54, 1.807) is 0 Å². The minimum absolute atomic E-state index is 0.130. The molecule has 21 heavy (non-hydrogen) atoms. The van der Waals surface area contributed by atoms with Crippen molar-refractivity contribution in [1.29, 1.82) is 0 Å². The Kier molecular flexibility index (Phi) is 5.88. The molecule has 2 heterocycles. The minimum Gasteiger partial charge on any atom is -0.343 e. The molecule has 1 aromatic rings. The molecule has 1 aliphatic heterocycles. The third-order valence-corrected chi connectivity index (χ3v) is 4.57. The van der Waals surface area contributed by atoms with Crippen molar-refractivity contribution in [2.45, 2.75) is 58.7 Å². The molecule has 1 fully saturated rings. The fourth-order valence-corrected chi connectivity index (χ4v) is 3.37. The second kappa shape index (κ2) is 7.45. The Hall–Kier alpha value is -0.810. The first-order valence-electron chi connectivity index (χ1n) is 7.93. The van der Waals surface area contributed by atoms with Crippen molar-refractivity contribution in [2.24, 2.45) is 0 Å². The number of aromatic nitrogens is 1. The van der Waals surface area contributed by atoms with Crippen LogP contribution in [0.2, 0.25) is 0 Å². The van der Waals surface area contributed by atoms with E-state index in [-0.39, 0.29) is 11.9 Å². The molecule has 1 saturated heterocycles. The highest BCUT2D eigenvalue weighted by Gasteiger charge is 2.25. The number of rotatable bonds is 5. The van der Waals surface area contributed by atoms with Crippen molar-refractivity contribution < 1.29 is 4.79 Å². The Morgan fingerprint density at radius 1 is 1.52 bits per heavy atom. The summed E-state index contributed by atoms with van der Waals surface area (Å²) in [6.45, 7) is 8.92. The summed E-state index contributed by atoms with van der Waals surface area (Å²) in [7, 11) is 0. The zero-order chi connectivity index (χ0) is 15.4. The Balaban J connectivity index is 2.14. The van der Waals surface area contributed by atoms with Crippen LogP contribution in [0.4, 0.5) is 0 Å². The summed E-state index contributed by atoms with van der Waals surface area (Å²) in [6, 6.07) is 2.56. The van der Waals surface area contributed by atoms with E-state index in [4.69, 9.17) is 0 Å². The maximum absolute atomic E-state index is 12.9. The van der Waals surface area contributed by atoms with Gasteiger partial charge < -0.3 is 14.8 Å². The monoisotopic (exact) mass is 355 g/mol. The lowest BCUT2D eigenvalue weighted by molar-refractivity contribution is 0.0666. The zero-order valence-corrected chi connectivity index (χ0v) is 14.8. The second-order valence-corrected chi connectivity index (χ2v) is 6.94. The van der Waals surface area contributed by atoms with Gasteiger partial charge in [-0.15, -0.1) is 0 Å². The third kappa shape index (κ3) is 4.10. The number of nitrogens with zero attached hydrogens (tertiary/aromatic N) is 2. The van der Waals surface area contributed by atoms with Gasteiger partial charge in [0.1, 0.15) is 5.69 Å². The molecule has 1 amide bonds. The predicted octanol–water partition coefficient (Wildman–Crippen LogP) is 3.26. The highest BCUT2D eigenvalue weighted by molar-refractivity contribution is 9.10. The van der Waals surface area contributed by atoms with Crippen LogP contribution < -0.4 is 5.32 Å². The number of piperidine rings is 1. The van der Waals surface area contributed by atoms with Crippen molar-refractivity contribution in [3.8, 4) is 0 Å². The second-order valence-electron chi connectivity index (χ2n) is 6.03. The summed E-state index contributed by atoms with van der Waals surface area (Å²) < 4.78 is 2.98. The first kappa shape index (κ1) is 16.6. The average molecular weight is 356 g/mol. The number of carbonyl (C=O) groups excluding carboxylic acids is 1. The first-order valence-corrected chi connectivity index (χ1v) is 8.72. The largest absolute Gasteiger partial charge is 0.343 e. The Labute approximate surface area is 136 Å². The highest BCUT2D eigenvalue weighted by Crippen LogP contribution is 2.19. The molecule has 0 saturated carbocycles. The lowest BCUT2D eigenvalue weighted by atomic mass is 10.0. The van der Waals surface area contributed by atoms with Crippen molar-refractivity contribution >= 4 is 21.8 Å². The van der Waals surface area contributed by atoms with Gasteiger partial charge in [-0.3, -0.25) is 4.79 Å². The van der Waals surface area contributed by atoms with Crippen LogP contribution in [0.15, 0.2) is 16.7 Å². The van der Waals surface area contributed by atoms with Crippen molar-refractivity contribution in [1.82, 2.24) is 14.8 Å². The van der Waals surface area contributed by atoms with E-state index < -0.39 is 0 Å². The van der Waals surface area contributed by atoms with Gasteiger partial charge in [0.05, 0.1) is 0 Å². The fraction of sp³-hybridized carbons (Fsp3) is 0.688. The van der Waals surface area contributed by atoms with Crippen molar-refractivity contribution in [2.75, 3.05) is 13.1 Å². The lowest BCUT2D eigenvalue weighted by Gasteiger charge is -2.33. The van der Waals surface area contributed by atoms with Crippen LogP contribution in [0.25, 0.3) is 0 Å². The summed E-state index contributed by atoms with van der Waals surface area (Å²) in [4.78, 5) is 14.9. The minimum atomic E-state index is 0.130. The third-order valence-electron chi connectivity index (χ3n) is 4.14. The van der Waals surface area contributed by atoms with E-state index in [2.05, 4.69) is 42.0 Å². The number of nitrogens with one attached hydrogen (secondary N) is 1. The molecule has 0 radical (unpaired) electrons. The van der Waals surface area contributed by atoms with Crippen molar-refractivity contribution in [3.05, 3.63) is 22.4 Å². The van der Waals surface area contributed by atoms with Crippen molar-refractivity contribution in [3.63, 3.8) is 0 Å². The standard InChI is InChI=1S/C16H26BrN3O/c1-4-19-10-13(17)9-15(19)16(21)20(12(2)3)11-14-7-5-6-8-18-14/h9-10,12,14,18H,4-8,11H2,1-3H3. The van der Waals surface area contributed by atoms with E-state index >= 15 is 0 Å². The van der Waals surface area contributed by atoms with Gasteiger partial charge in [0, 0.05) is 35.8 Å². The normalized spacial score (nSPS) is 19.0. The number of amides is 1. The zero-order valence-electron chi connectivity index (χ0n) is 13.2. The van der Waals surface area contributed by atoms with Crippen LogP contribution in [0.1, 0.15) is 50.5 Å². The number of hydrogen-bond acceptors (Lipinski definition) is 2. The van der Waals surface area contributed by atoms with Gasteiger partial charge in [0.15, 0.2) is 0 Å². The number of hydrogen-bond donors (Lipinski definition) is 1. The molecule has 4 nitrogen and oxygen atoms in total. The van der Waals surface area contributed by atoms with Crippen LogP contribution in [0.3, 0.4) is 0 Å². The van der Waals surface area contributed by atoms with E-state index in [0.29, 0.717) is 6.04 Å². The average Bonchev–Trinajstić information content (AvgIpc) is 2.86. The molecule has 1 aromatic heterocycles. The van der Waals surface area contributed by atoms with Crippen LogP contribution in [0, 0.1) is 0 Å². The molecule has 5 heteroatoms. The van der Waals surface area contributed by atoms with E-state index in [0.717, 1.165) is 36.2 Å². The molecule has 1 N–H and O–H groups in total. The topological polar surface area (TPSA) is 37.3 Å². The van der Waals surface area contributed by atoms with Gasteiger partial charge in [-0.2, -0.15) is 0 Å². The Bertz CT molecular complexity index is 478. The van der Waals surface area contributed by atoms with Crippen LogP contribution >= 0.6 is 15.9 Å². The molecule has 118 valence electrons. The molecule has 0 bridgehead atoms. The van der Waals surface area contributed by atoms with Crippen LogP contribution in [-0.4, -0.2) is 40.5 Å². The highest BCUT2D eigenvalue weighted by atomic mass is 79.9. The first-order chi connectivity index (χ1) is 10.0. The van der Waals surface area contributed by atoms with E-state index in [1.807, 2.05) is 21.7 Å². The quantitative estimate of drug-likeness (QED) is 0.879. The molecule has 0 aliphatic carbocycles. The van der Waals surface area contributed by atoms with Gasteiger partial charge in [-0.05, 0) is 62.2 Å². The lowest BCUT2D eigenvalue weighted by Crippen LogP contribution is -2.48. The van der Waals surface area contributed by atoms with Gasteiger partial charge in [-0.25, -0.2) is 0 Å². The molecule has 0 spiro atoms. The maximum atomic E-state index is 12.9. The predicted molar refractivity (Wildman–Crippen MR) is 89.6 cm³/mol. The molecule has 2 rings (SSSR count). The Morgan fingerprint density at radius 3 is 2.86 bits per heavy atom. The number of carbonyl (C=O) groups is 1. The molecule has 0 aromatic carbocycles. The summed E-state index contributed by atoms with van der Waals surface area (Å²) in [6.07, 6.45) is 5.64. The van der Waals surface area contributed by atoms with Crippen LogP contribution in [0.5, 0.6) is 0 Å². The molecular formula is C16H26BrN3O. The maximum Gasteiger partial charge on any atom is 0.270 e. The number of aryl methyl sites for hydroxylation is 1.